The SMILES string of the molecule is CC(=O)Nc1cccc(NC(=O)c2ccc(Br)o2)c1C. The molecular formula is C14H13BrN2O3. The minimum absolute atomic E-state index is 0.161. The number of anilines is 2. The number of benzene rings is 1. The van der Waals surface area contributed by atoms with Gasteiger partial charge >= 0.3 is 0 Å². The summed E-state index contributed by atoms with van der Waals surface area (Å²) in [6, 6.07) is 8.51. The van der Waals surface area contributed by atoms with Gasteiger partial charge in [0, 0.05) is 18.3 Å². The van der Waals surface area contributed by atoms with Crippen molar-refractivity contribution in [3.63, 3.8) is 0 Å². The largest absolute Gasteiger partial charge is 0.444 e. The lowest BCUT2D eigenvalue weighted by atomic mass is 10.1. The Labute approximate surface area is 124 Å². The first kappa shape index (κ1) is 14.3. The lowest BCUT2D eigenvalue weighted by Gasteiger charge is -2.12. The lowest BCUT2D eigenvalue weighted by molar-refractivity contribution is -0.114. The van der Waals surface area contributed by atoms with Crippen LogP contribution in [0.4, 0.5) is 11.4 Å². The van der Waals surface area contributed by atoms with Gasteiger partial charge in [0.05, 0.1) is 0 Å². The Hall–Kier alpha value is -2.08. The molecule has 0 unspecified atom stereocenters. The quantitative estimate of drug-likeness (QED) is 0.900. The van der Waals surface area contributed by atoms with Crippen molar-refractivity contribution in [3.8, 4) is 0 Å². The van der Waals surface area contributed by atoms with Crippen LogP contribution in [-0.4, -0.2) is 11.8 Å². The van der Waals surface area contributed by atoms with Crippen LogP contribution in [0, 0.1) is 6.92 Å². The molecule has 0 fully saturated rings. The number of furan rings is 1. The third-order valence-electron chi connectivity index (χ3n) is 2.69. The molecule has 1 heterocycles. The average molecular weight is 337 g/mol. The van der Waals surface area contributed by atoms with E-state index < -0.39 is 0 Å². The molecule has 2 amide bonds. The first-order valence-corrected chi connectivity index (χ1v) is 6.70. The fourth-order valence-corrected chi connectivity index (χ4v) is 2.02. The van der Waals surface area contributed by atoms with Crippen molar-refractivity contribution in [1.29, 1.82) is 0 Å². The maximum atomic E-state index is 12.0. The summed E-state index contributed by atoms with van der Waals surface area (Å²) in [4.78, 5) is 23.1. The number of amides is 2. The summed E-state index contributed by atoms with van der Waals surface area (Å²) in [5, 5.41) is 5.46. The van der Waals surface area contributed by atoms with Gasteiger partial charge in [-0.15, -0.1) is 0 Å². The highest BCUT2D eigenvalue weighted by Gasteiger charge is 2.13. The normalized spacial score (nSPS) is 10.2. The van der Waals surface area contributed by atoms with Gasteiger partial charge in [0.25, 0.3) is 5.91 Å². The van der Waals surface area contributed by atoms with E-state index in [2.05, 4.69) is 26.6 Å². The minimum Gasteiger partial charge on any atom is -0.444 e. The van der Waals surface area contributed by atoms with Gasteiger partial charge in [-0.2, -0.15) is 0 Å². The van der Waals surface area contributed by atoms with Crippen LogP contribution in [0.1, 0.15) is 23.0 Å². The van der Waals surface area contributed by atoms with Gasteiger partial charge in [0.1, 0.15) is 0 Å². The first-order valence-electron chi connectivity index (χ1n) is 5.91. The van der Waals surface area contributed by atoms with E-state index in [-0.39, 0.29) is 17.6 Å². The summed E-state index contributed by atoms with van der Waals surface area (Å²) in [7, 11) is 0. The zero-order valence-corrected chi connectivity index (χ0v) is 12.6. The number of halogens is 1. The van der Waals surface area contributed by atoms with Gasteiger partial charge in [-0.1, -0.05) is 6.07 Å². The van der Waals surface area contributed by atoms with E-state index >= 15 is 0 Å². The molecule has 0 saturated carbocycles. The van der Waals surface area contributed by atoms with E-state index in [0.29, 0.717) is 16.0 Å². The molecule has 5 nitrogen and oxygen atoms in total. The molecule has 1 aromatic carbocycles. The molecule has 0 aliphatic heterocycles. The Morgan fingerprint density at radius 2 is 1.75 bits per heavy atom. The molecular weight excluding hydrogens is 324 g/mol. The summed E-state index contributed by atoms with van der Waals surface area (Å²) in [5.41, 5.74) is 2.06. The minimum atomic E-state index is -0.348. The number of hydrogen-bond acceptors (Lipinski definition) is 3. The number of carbonyl (C=O) groups excluding carboxylic acids is 2. The second-order valence-electron chi connectivity index (χ2n) is 4.22. The van der Waals surface area contributed by atoms with Crippen molar-refractivity contribution in [1.82, 2.24) is 0 Å². The number of carbonyl (C=O) groups is 2. The predicted molar refractivity (Wildman–Crippen MR) is 79.8 cm³/mol. The van der Waals surface area contributed by atoms with Crippen molar-refractivity contribution < 1.29 is 14.0 Å². The third-order valence-corrected chi connectivity index (χ3v) is 3.12. The Morgan fingerprint density at radius 3 is 2.30 bits per heavy atom. The standard InChI is InChI=1S/C14H13BrN2O3/c1-8-10(16-9(2)18)4-3-5-11(8)17-14(19)12-6-7-13(15)20-12/h3-7H,1-2H3,(H,16,18)(H,17,19). The van der Waals surface area contributed by atoms with Crippen molar-refractivity contribution in [2.45, 2.75) is 13.8 Å². The summed E-state index contributed by atoms with van der Waals surface area (Å²) >= 11 is 3.14. The smallest absolute Gasteiger partial charge is 0.291 e. The van der Waals surface area contributed by atoms with Gasteiger partial charge in [-0.25, -0.2) is 0 Å². The van der Waals surface area contributed by atoms with E-state index in [9.17, 15) is 9.59 Å². The van der Waals surface area contributed by atoms with Crippen LogP contribution in [0.3, 0.4) is 0 Å². The molecule has 2 N–H and O–H groups in total. The van der Waals surface area contributed by atoms with Crippen LogP contribution in [0.5, 0.6) is 0 Å². The maximum Gasteiger partial charge on any atom is 0.291 e. The molecule has 0 radical (unpaired) electrons. The highest BCUT2D eigenvalue weighted by atomic mass is 79.9. The van der Waals surface area contributed by atoms with Crippen molar-refractivity contribution in [2.24, 2.45) is 0 Å². The van der Waals surface area contributed by atoms with Gasteiger partial charge in [0.2, 0.25) is 5.91 Å². The molecule has 2 aromatic rings. The summed E-state index contributed by atoms with van der Waals surface area (Å²) < 4.78 is 5.68. The second kappa shape index (κ2) is 5.92. The Balaban J connectivity index is 2.21. The van der Waals surface area contributed by atoms with Crippen LogP contribution in [0.15, 0.2) is 39.4 Å². The Kier molecular flexibility index (Phi) is 4.24. The summed E-state index contributed by atoms with van der Waals surface area (Å²) in [5.74, 6) is -0.300. The van der Waals surface area contributed by atoms with Gasteiger partial charge in [-0.05, 0) is 52.7 Å². The zero-order chi connectivity index (χ0) is 14.7. The van der Waals surface area contributed by atoms with E-state index in [1.807, 2.05) is 6.92 Å². The highest BCUT2D eigenvalue weighted by Crippen LogP contribution is 2.24. The van der Waals surface area contributed by atoms with Crippen LogP contribution in [-0.2, 0) is 4.79 Å². The molecule has 0 aliphatic carbocycles. The number of hydrogen-bond donors (Lipinski definition) is 2. The van der Waals surface area contributed by atoms with E-state index in [1.165, 1.54) is 6.92 Å². The van der Waals surface area contributed by atoms with Crippen molar-refractivity contribution >= 4 is 39.1 Å². The monoisotopic (exact) mass is 336 g/mol. The Bertz CT molecular complexity index is 664. The topological polar surface area (TPSA) is 71.3 Å². The van der Waals surface area contributed by atoms with Crippen molar-refractivity contribution in [3.05, 3.63) is 46.3 Å². The van der Waals surface area contributed by atoms with Crippen LogP contribution < -0.4 is 10.6 Å². The molecule has 0 atom stereocenters. The van der Waals surface area contributed by atoms with Crippen molar-refractivity contribution in [2.75, 3.05) is 10.6 Å². The van der Waals surface area contributed by atoms with Gasteiger partial charge < -0.3 is 15.1 Å². The molecule has 2 rings (SSSR count). The van der Waals surface area contributed by atoms with Crippen LogP contribution in [0.25, 0.3) is 0 Å². The fourth-order valence-electron chi connectivity index (χ4n) is 1.72. The third kappa shape index (κ3) is 3.27. The molecule has 0 aliphatic rings. The number of rotatable bonds is 3. The summed E-state index contributed by atoms with van der Waals surface area (Å²) in [6.07, 6.45) is 0. The molecule has 0 saturated heterocycles. The Morgan fingerprint density at radius 1 is 1.10 bits per heavy atom. The average Bonchev–Trinajstić information content (AvgIpc) is 2.80. The number of nitrogens with one attached hydrogen (secondary N) is 2. The maximum absolute atomic E-state index is 12.0. The molecule has 6 heteroatoms. The van der Waals surface area contributed by atoms with Gasteiger partial charge in [0.15, 0.2) is 10.4 Å². The lowest BCUT2D eigenvalue weighted by Crippen LogP contribution is -2.13. The molecule has 1 aromatic heterocycles. The van der Waals surface area contributed by atoms with E-state index in [1.54, 1.807) is 30.3 Å². The molecule has 0 bridgehead atoms. The van der Waals surface area contributed by atoms with Crippen LogP contribution >= 0.6 is 15.9 Å². The first-order chi connectivity index (χ1) is 9.47. The van der Waals surface area contributed by atoms with Crippen LogP contribution in [0.2, 0.25) is 0 Å². The fraction of sp³-hybridized carbons (Fsp3) is 0.143. The molecule has 20 heavy (non-hydrogen) atoms. The molecule has 0 spiro atoms. The van der Waals surface area contributed by atoms with Gasteiger partial charge in [-0.3, -0.25) is 9.59 Å². The highest BCUT2D eigenvalue weighted by molar-refractivity contribution is 9.10. The van der Waals surface area contributed by atoms with E-state index in [0.717, 1.165) is 5.56 Å². The zero-order valence-electron chi connectivity index (χ0n) is 11.0. The summed E-state index contributed by atoms with van der Waals surface area (Å²) in [6.45, 7) is 3.25. The second-order valence-corrected chi connectivity index (χ2v) is 5.00. The van der Waals surface area contributed by atoms with E-state index in [4.69, 9.17) is 4.42 Å². The molecule has 104 valence electrons. The predicted octanol–water partition coefficient (Wildman–Crippen LogP) is 3.56.